The number of hydrogen-bond donors (Lipinski definition) is 0. The molecule has 1 aliphatic carbocycles. The second-order valence-corrected chi connectivity index (χ2v) is 7.05. The first-order valence-electron chi connectivity index (χ1n) is 7.77. The zero-order valence-electron chi connectivity index (χ0n) is 13.1. The molecule has 0 amide bonds. The molecule has 23 heavy (non-hydrogen) atoms. The van der Waals surface area contributed by atoms with Crippen LogP contribution < -0.4 is 5.56 Å². The molecule has 120 valence electrons. The van der Waals surface area contributed by atoms with Gasteiger partial charge in [0.25, 0.3) is 5.56 Å². The predicted molar refractivity (Wildman–Crippen MR) is 97.1 cm³/mol. The first kappa shape index (κ1) is 16.3. The Morgan fingerprint density at radius 3 is 2.96 bits per heavy atom. The van der Waals surface area contributed by atoms with Crippen LogP contribution in [0.25, 0.3) is 5.69 Å². The van der Waals surface area contributed by atoms with E-state index >= 15 is 0 Å². The van der Waals surface area contributed by atoms with Gasteiger partial charge in [0.2, 0.25) is 0 Å². The lowest BCUT2D eigenvalue weighted by Gasteiger charge is -2.20. The van der Waals surface area contributed by atoms with Crippen LogP contribution in [0.4, 0.5) is 0 Å². The first-order valence-corrected chi connectivity index (χ1v) is 9.14. The topological polar surface area (TPSA) is 34.9 Å². The average molecular weight is 347 g/mol. The third kappa shape index (κ3) is 3.10. The van der Waals surface area contributed by atoms with E-state index in [0.717, 1.165) is 53.3 Å². The molecule has 0 bridgehead atoms. The highest BCUT2D eigenvalue weighted by Crippen LogP contribution is 2.27. The van der Waals surface area contributed by atoms with E-state index < -0.39 is 0 Å². The number of halogens is 1. The van der Waals surface area contributed by atoms with Crippen LogP contribution >= 0.6 is 23.4 Å². The Kier molecular flexibility index (Phi) is 4.93. The number of rotatable bonds is 4. The van der Waals surface area contributed by atoms with Crippen molar-refractivity contribution in [3.05, 3.63) is 63.1 Å². The molecule has 5 heteroatoms. The zero-order valence-corrected chi connectivity index (χ0v) is 14.7. The Balaban J connectivity index is 2.26. The molecule has 0 saturated carbocycles. The van der Waals surface area contributed by atoms with Crippen molar-refractivity contribution in [2.75, 3.05) is 5.75 Å². The van der Waals surface area contributed by atoms with Crippen LogP contribution in [0.3, 0.4) is 0 Å². The molecule has 0 radical (unpaired) electrons. The fraction of sp³-hybridized carbons (Fsp3) is 0.333. The molecule has 1 aromatic carbocycles. The number of thioether (sulfide) groups is 1. The lowest BCUT2D eigenvalue weighted by Crippen LogP contribution is -2.29. The largest absolute Gasteiger partial charge is 0.269 e. The summed E-state index contributed by atoms with van der Waals surface area (Å²) >= 11 is 7.79. The van der Waals surface area contributed by atoms with Gasteiger partial charge in [0, 0.05) is 16.3 Å². The van der Waals surface area contributed by atoms with Crippen LogP contribution in [0.2, 0.25) is 5.02 Å². The maximum Gasteiger partial charge on any atom is 0.262 e. The third-order valence-corrected chi connectivity index (χ3v) is 5.48. The minimum Gasteiger partial charge on any atom is -0.269 e. The van der Waals surface area contributed by atoms with Crippen LogP contribution in [-0.4, -0.2) is 15.3 Å². The molecule has 3 nitrogen and oxygen atoms in total. The van der Waals surface area contributed by atoms with Gasteiger partial charge in [-0.3, -0.25) is 9.36 Å². The standard InChI is InChI=1S/C18H19ClN2OS/c1-3-11-23-18-20-15-9-5-4-7-13(15)17(22)21(18)16-10-6-8-14(19)12(16)2/h3,6,8,10H,1,4-5,7,9,11H2,2H3. The lowest BCUT2D eigenvalue weighted by atomic mass is 9.97. The minimum atomic E-state index is 0.0478. The van der Waals surface area contributed by atoms with Gasteiger partial charge in [-0.25, -0.2) is 4.98 Å². The summed E-state index contributed by atoms with van der Waals surface area (Å²) in [4.78, 5) is 17.9. The maximum atomic E-state index is 13.1. The van der Waals surface area contributed by atoms with Crippen molar-refractivity contribution in [3.63, 3.8) is 0 Å². The minimum absolute atomic E-state index is 0.0478. The second-order valence-electron chi connectivity index (χ2n) is 5.65. The Hall–Kier alpha value is -1.52. The molecule has 1 aliphatic rings. The smallest absolute Gasteiger partial charge is 0.262 e. The SMILES string of the molecule is C=CCSc1nc2c(c(=O)n1-c1cccc(Cl)c1C)CCCC2. The normalized spacial score (nSPS) is 13.7. The van der Waals surface area contributed by atoms with E-state index in [-0.39, 0.29) is 5.56 Å². The number of hydrogen-bond acceptors (Lipinski definition) is 3. The van der Waals surface area contributed by atoms with Crippen molar-refractivity contribution in [2.24, 2.45) is 0 Å². The van der Waals surface area contributed by atoms with Gasteiger partial charge in [-0.05, 0) is 50.3 Å². The van der Waals surface area contributed by atoms with Crippen molar-refractivity contribution >= 4 is 23.4 Å². The molecule has 0 fully saturated rings. The number of aryl methyl sites for hydroxylation is 1. The quantitative estimate of drug-likeness (QED) is 0.469. The molecule has 0 aliphatic heterocycles. The number of fused-ring (bicyclic) bond motifs is 1. The molecule has 0 saturated heterocycles. The summed E-state index contributed by atoms with van der Waals surface area (Å²) in [5.74, 6) is 0.713. The zero-order chi connectivity index (χ0) is 16.4. The van der Waals surface area contributed by atoms with Gasteiger partial charge in [-0.1, -0.05) is 35.5 Å². The highest BCUT2D eigenvalue weighted by Gasteiger charge is 2.21. The summed E-state index contributed by atoms with van der Waals surface area (Å²) in [5, 5.41) is 1.38. The summed E-state index contributed by atoms with van der Waals surface area (Å²) in [7, 11) is 0. The summed E-state index contributed by atoms with van der Waals surface area (Å²) < 4.78 is 1.72. The van der Waals surface area contributed by atoms with Gasteiger partial charge in [0.05, 0.1) is 11.4 Å². The summed E-state index contributed by atoms with van der Waals surface area (Å²) in [6.07, 6.45) is 5.68. The Morgan fingerprint density at radius 2 is 2.17 bits per heavy atom. The predicted octanol–water partition coefficient (Wildman–Crippen LogP) is 4.35. The van der Waals surface area contributed by atoms with E-state index in [4.69, 9.17) is 16.6 Å². The van der Waals surface area contributed by atoms with E-state index in [9.17, 15) is 4.79 Å². The molecule has 1 heterocycles. The van der Waals surface area contributed by atoms with Gasteiger partial charge >= 0.3 is 0 Å². The molecule has 1 aromatic heterocycles. The summed E-state index contributed by atoms with van der Waals surface area (Å²) in [6.45, 7) is 5.70. The molecular formula is C18H19ClN2OS. The van der Waals surface area contributed by atoms with Crippen molar-refractivity contribution in [1.82, 2.24) is 9.55 Å². The number of benzene rings is 1. The van der Waals surface area contributed by atoms with E-state index in [1.54, 1.807) is 4.57 Å². The molecule has 0 spiro atoms. The molecule has 0 unspecified atom stereocenters. The third-order valence-electron chi connectivity index (χ3n) is 4.13. The van der Waals surface area contributed by atoms with Gasteiger partial charge < -0.3 is 0 Å². The highest BCUT2D eigenvalue weighted by atomic mass is 35.5. The molecular weight excluding hydrogens is 328 g/mol. The van der Waals surface area contributed by atoms with Gasteiger partial charge in [0.1, 0.15) is 0 Å². The van der Waals surface area contributed by atoms with Crippen LogP contribution in [-0.2, 0) is 12.8 Å². The van der Waals surface area contributed by atoms with E-state index in [1.165, 1.54) is 11.8 Å². The Morgan fingerprint density at radius 1 is 1.39 bits per heavy atom. The van der Waals surface area contributed by atoms with Crippen LogP contribution in [0, 0.1) is 6.92 Å². The molecule has 0 atom stereocenters. The van der Waals surface area contributed by atoms with Crippen molar-refractivity contribution < 1.29 is 0 Å². The maximum absolute atomic E-state index is 13.1. The van der Waals surface area contributed by atoms with Crippen LogP contribution in [0.1, 0.15) is 29.7 Å². The average Bonchev–Trinajstić information content (AvgIpc) is 2.56. The monoisotopic (exact) mass is 346 g/mol. The number of nitrogens with zero attached hydrogens (tertiary/aromatic N) is 2. The van der Waals surface area contributed by atoms with Gasteiger partial charge in [-0.2, -0.15) is 0 Å². The second kappa shape index (κ2) is 6.93. The van der Waals surface area contributed by atoms with E-state index in [1.807, 2.05) is 31.2 Å². The van der Waals surface area contributed by atoms with Crippen molar-refractivity contribution in [1.29, 1.82) is 0 Å². The van der Waals surface area contributed by atoms with Crippen LogP contribution in [0.15, 0.2) is 40.8 Å². The molecule has 2 aromatic rings. The molecule has 0 N–H and O–H groups in total. The summed E-state index contributed by atoms with van der Waals surface area (Å²) in [6, 6.07) is 5.64. The summed E-state index contributed by atoms with van der Waals surface area (Å²) in [5.41, 5.74) is 3.58. The number of aromatic nitrogens is 2. The highest BCUT2D eigenvalue weighted by molar-refractivity contribution is 7.99. The van der Waals surface area contributed by atoms with Gasteiger partial charge in [-0.15, -0.1) is 6.58 Å². The first-order chi connectivity index (χ1) is 11.1. The van der Waals surface area contributed by atoms with E-state index in [2.05, 4.69) is 6.58 Å². The van der Waals surface area contributed by atoms with Crippen molar-refractivity contribution in [3.8, 4) is 5.69 Å². The fourth-order valence-electron chi connectivity index (χ4n) is 2.91. The van der Waals surface area contributed by atoms with Crippen LogP contribution in [0.5, 0.6) is 0 Å². The van der Waals surface area contributed by atoms with Crippen molar-refractivity contribution in [2.45, 2.75) is 37.8 Å². The Bertz CT molecular complexity index is 813. The Labute approximate surface area is 145 Å². The lowest BCUT2D eigenvalue weighted by molar-refractivity contribution is 0.622. The van der Waals surface area contributed by atoms with E-state index in [0.29, 0.717) is 10.8 Å². The fourth-order valence-corrected chi connectivity index (χ4v) is 3.83. The van der Waals surface area contributed by atoms with Gasteiger partial charge in [0.15, 0.2) is 5.16 Å². The molecule has 3 rings (SSSR count).